The zero-order valence-corrected chi connectivity index (χ0v) is 22.0. The van der Waals surface area contributed by atoms with Crippen molar-refractivity contribution >= 4 is 39.9 Å². The lowest BCUT2D eigenvalue weighted by Gasteiger charge is -2.25. The lowest BCUT2D eigenvalue weighted by molar-refractivity contribution is -0.117. The summed E-state index contributed by atoms with van der Waals surface area (Å²) in [6.07, 6.45) is 9.88. The first-order chi connectivity index (χ1) is 17.9. The van der Waals surface area contributed by atoms with Crippen LogP contribution in [0.25, 0.3) is 0 Å². The molecule has 2 atom stereocenters. The first-order valence-corrected chi connectivity index (χ1v) is 14.1. The van der Waals surface area contributed by atoms with Gasteiger partial charge in [0, 0.05) is 36.5 Å². The van der Waals surface area contributed by atoms with Crippen LogP contribution in [-0.4, -0.2) is 42.9 Å². The highest BCUT2D eigenvalue weighted by Crippen LogP contribution is 2.70. The van der Waals surface area contributed by atoms with Crippen molar-refractivity contribution in [1.82, 2.24) is 29.9 Å². The maximum absolute atomic E-state index is 13.5. The standard InChI is InChI=1S/C26H32N8O2S/c1-14-9-20(33(2)32-14)29-25-31-28-13-34(25)16-5-6-19-17(10-16)21(23(36)27-12-15-3-4-15)24(37-19)30-22(35)18-11-26(18)7-8-26/h9,13,15-16,18H,3-8,10-12H2,1-2H3,(H,27,36)(H,29,31)(H,30,35). The Labute approximate surface area is 219 Å². The Kier molecular flexibility index (Phi) is 5.21. The molecule has 1 spiro atoms. The fraction of sp³-hybridized carbons (Fsp3) is 0.577. The fourth-order valence-electron chi connectivity index (χ4n) is 5.85. The summed E-state index contributed by atoms with van der Waals surface area (Å²) in [5, 5.41) is 23.3. The van der Waals surface area contributed by atoms with Crippen molar-refractivity contribution in [3.05, 3.63) is 34.1 Å². The first kappa shape index (κ1) is 22.9. The van der Waals surface area contributed by atoms with Gasteiger partial charge >= 0.3 is 0 Å². The van der Waals surface area contributed by atoms with Gasteiger partial charge in [0.25, 0.3) is 5.91 Å². The minimum Gasteiger partial charge on any atom is -0.352 e. The molecule has 0 radical (unpaired) electrons. The Hall–Kier alpha value is -3.21. The number of anilines is 3. The van der Waals surface area contributed by atoms with E-state index in [0.717, 1.165) is 54.2 Å². The summed E-state index contributed by atoms with van der Waals surface area (Å²) in [6, 6.07) is 2.07. The number of nitrogens with one attached hydrogen (secondary N) is 3. The molecule has 11 heteroatoms. The number of fused-ring (bicyclic) bond motifs is 1. The molecule has 2 unspecified atom stereocenters. The number of nitrogens with zero attached hydrogens (tertiary/aromatic N) is 5. The molecule has 3 saturated carbocycles. The fourth-order valence-corrected chi connectivity index (χ4v) is 7.09. The van der Waals surface area contributed by atoms with E-state index >= 15 is 0 Å². The van der Waals surface area contributed by atoms with E-state index in [1.54, 1.807) is 22.3 Å². The topological polar surface area (TPSA) is 119 Å². The van der Waals surface area contributed by atoms with Crippen LogP contribution >= 0.6 is 11.3 Å². The van der Waals surface area contributed by atoms with Crippen LogP contribution in [0.15, 0.2) is 12.4 Å². The molecular weight excluding hydrogens is 488 g/mol. The van der Waals surface area contributed by atoms with Gasteiger partial charge in [-0.3, -0.25) is 18.8 Å². The van der Waals surface area contributed by atoms with Crippen LogP contribution in [0.1, 0.15) is 71.1 Å². The molecule has 0 bridgehead atoms. The predicted molar refractivity (Wildman–Crippen MR) is 140 cm³/mol. The molecule has 3 aromatic rings. The molecule has 10 nitrogen and oxygen atoms in total. The van der Waals surface area contributed by atoms with E-state index in [4.69, 9.17) is 0 Å². The average molecular weight is 521 g/mol. The predicted octanol–water partition coefficient (Wildman–Crippen LogP) is 3.73. The van der Waals surface area contributed by atoms with Gasteiger partial charge < -0.3 is 16.0 Å². The third-order valence-electron chi connectivity index (χ3n) is 8.55. The monoisotopic (exact) mass is 520 g/mol. The number of rotatable bonds is 8. The van der Waals surface area contributed by atoms with E-state index in [9.17, 15) is 9.59 Å². The SMILES string of the molecule is Cc1cc(Nc2nncn2C2CCc3sc(NC(=O)C4CC45CC5)c(C(=O)NCC4CC4)c3C2)n(C)n1. The van der Waals surface area contributed by atoms with Gasteiger partial charge in [0.15, 0.2) is 0 Å². The molecule has 3 fully saturated rings. The smallest absolute Gasteiger partial charge is 0.254 e. The van der Waals surface area contributed by atoms with Crippen LogP contribution in [0.5, 0.6) is 0 Å². The van der Waals surface area contributed by atoms with Gasteiger partial charge in [-0.1, -0.05) is 0 Å². The Morgan fingerprint density at radius 2 is 2.08 bits per heavy atom. The van der Waals surface area contributed by atoms with Crippen molar-refractivity contribution in [3.8, 4) is 0 Å². The quantitative estimate of drug-likeness (QED) is 0.416. The molecule has 4 aliphatic rings. The van der Waals surface area contributed by atoms with E-state index < -0.39 is 0 Å². The summed E-state index contributed by atoms with van der Waals surface area (Å²) in [6.45, 7) is 2.66. The summed E-state index contributed by atoms with van der Waals surface area (Å²) in [4.78, 5) is 27.7. The van der Waals surface area contributed by atoms with Crippen molar-refractivity contribution < 1.29 is 9.59 Å². The molecular formula is C26H32N8O2S. The molecule has 37 heavy (non-hydrogen) atoms. The molecule has 0 aliphatic heterocycles. The van der Waals surface area contributed by atoms with Crippen LogP contribution in [0.3, 0.4) is 0 Å². The van der Waals surface area contributed by atoms with Crippen LogP contribution in [0.4, 0.5) is 16.8 Å². The Morgan fingerprint density at radius 1 is 1.24 bits per heavy atom. The van der Waals surface area contributed by atoms with Gasteiger partial charge in [-0.15, -0.1) is 21.5 Å². The highest BCUT2D eigenvalue weighted by atomic mass is 32.1. The Bertz CT molecular complexity index is 1400. The van der Waals surface area contributed by atoms with E-state index in [-0.39, 0.29) is 29.2 Å². The molecule has 0 aromatic carbocycles. The molecule has 3 aromatic heterocycles. The van der Waals surface area contributed by atoms with E-state index in [1.807, 2.05) is 20.0 Å². The van der Waals surface area contributed by atoms with E-state index in [0.29, 0.717) is 30.4 Å². The number of thiophene rings is 1. The van der Waals surface area contributed by atoms with Crippen LogP contribution in [0.2, 0.25) is 0 Å². The van der Waals surface area contributed by atoms with Crippen LogP contribution in [-0.2, 0) is 24.7 Å². The zero-order chi connectivity index (χ0) is 25.3. The van der Waals surface area contributed by atoms with Crippen LogP contribution in [0, 0.1) is 24.2 Å². The third kappa shape index (κ3) is 4.22. The van der Waals surface area contributed by atoms with E-state index in [1.165, 1.54) is 17.7 Å². The van der Waals surface area contributed by atoms with Crippen molar-refractivity contribution in [2.45, 2.75) is 64.3 Å². The number of carbonyl (C=O) groups is 2. The van der Waals surface area contributed by atoms with Gasteiger partial charge in [-0.05, 0) is 75.2 Å². The number of hydrogen-bond acceptors (Lipinski definition) is 7. The molecule has 4 aliphatic carbocycles. The number of amides is 2. The van der Waals surface area contributed by atoms with Gasteiger partial charge in [-0.2, -0.15) is 5.10 Å². The van der Waals surface area contributed by atoms with Gasteiger partial charge in [0.1, 0.15) is 17.1 Å². The van der Waals surface area contributed by atoms with Crippen molar-refractivity contribution in [3.63, 3.8) is 0 Å². The lowest BCUT2D eigenvalue weighted by Crippen LogP contribution is -2.29. The number of aryl methyl sites for hydroxylation is 3. The summed E-state index contributed by atoms with van der Waals surface area (Å²) < 4.78 is 3.85. The Morgan fingerprint density at radius 3 is 2.78 bits per heavy atom. The summed E-state index contributed by atoms with van der Waals surface area (Å²) in [5.74, 6) is 2.22. The van der Waals surface area contributed by atoms with E-state index in [2.05, 4.69) is 35.8 Å². The lowest BCUT2D eigenvalue weighted by atomic mass is 9.91. The second-order valence-electron chi connectivity index (χ2n) is 11.3. The minimum atomic E-state index is -0.0650. The number of hydrogen-bond donors (Lipinski definition) is 3. The van der Waals surface area contributed by atoms with Gasteiger partial charge in [-0.25, -0.2) is 0 Å². The van der Waals surface area contributed by atoms with Crippen molar-refractivity contribution in [2.24, 2.45) is 24.3 Å². The summed E-state index contributed by atoms with van der Waals surface area (Å²) >= 11 is 1.58. The second-order valence-corrected chi connectivity index (χ2v) is 12.5. The molecule has 194 valence electrons. The Balaban J connectivity index is 1.15. The maximum atomic E-state index is 13.5. The molecule has 2 amide bonds. The normalized spacial score (nSPS) is 23.0. The van der Waals surface area contributed by atoms with Crippen molar-refractivity contribution in [2.75, 3.05) is 17.2 Å². The molecule has 7 rings (SSSR count). The average Bonchev–Trinajstić information content (AvgIpc) is 3.83. The largest absolute Gasteiger partial charge is 0.352 e. The summed E-state index contributed by atoms with van der Waals surface area (Å²) in [7, 11) is 1.89. The minimum absolute atomic E-state index is 0.0650. The molecule has 3 N–H and O–H groups in total. The van der Waals surface area contributed by atoms with Gasteiger partial charge in [0.05, 0.1) is 11.3 Å². The summed E-state index contributed by atoms with van der Waals surface area (Å²) in [5.41, 5.74) is 2.92. The van der Waals surface area contributed by atoms with Crippen LogP contribution < -0.4 is 16.0 Å². The first-order valence-electron chi connectivity index (χ1n) is 13.3. The third-order valence-corrected chi connectivity index (χ3v) is 9.76. The maximum Gasteiger partial charge on any atom is 0.254 e. The molecule has 0 saturated heterocycles. The highest BCUT2D eigenvalue weighted by molar-refractivity contribution is 7.17. The number of carbonyl (C=O) groups excluding carboxylic acids is 2. The van der Waals surface area contributed by atoms with Gasteiger partial charge in [0.2, 0.25) is 11.9 Å². The molecule has 3 heterocycles. The zero-order valence-electron chi connectivity index (χ0n) is 21.2. The van der Waals surface area contributed by atoms with Crippen molar-refractivity contribution in [1.29, 1.82) is 0 Å². The highest BCUT2D eigenvalue weighted by Gasteiger charge is 2.65. The second kappa shape index (κ2) is 8.41. The number of aromatic nitrogens is 5.